The van der Waals surface area contributed by atoms with Crippen molar-refractivity contribution in [2.45, 2.75) is 32.3 Å². The van der Waals surface area contributed by atoms with Crippen LogP contribution in [0.4, 0.5) is 0 Å². The van der Waals surface area contributed by atoms with Crippen LogP contribution in [0.25, 0.3) is 0 Å². The summed E-state index contributed by atoms with van der Waals surface area (Å²) in [5.74, 6) is -0.325. The van der Waals surface area contributed by atoms with Crippen LogP contribution in [-0.2, 0) is 4.74 Å². The predicted molar refractivity (Wildman–Crippen MR) is 75.7 cm³/mol. The molecule has 0 spiro atoms. The van der Waals surface area contributed by atoms with Gasteiger partial charge in [-0.05, 0) is 38.3 Å². The van der Waals surface area contributed by atoms with Crippen molar-refractivity contribution in [1.82, 2.24) is 0 Å². The fourth-order valence-corrected chi connectivity index (χ4v) is 2.79. The van der Waals surface area contributed by atoms with Crippen LogP contribution in [0.5, 0.6) is 0 Å². The number of halogens is 1. The maximum atomic E-state index is 12.0. The fraction of sp³-hybridized carbons (Fsp3) is 0.533. The average Bonchev–Trinajstić information content (AvgIpc) is 2.40. The topological polar surface area (TPSA) is 30.7 Å². The molecule has 0 saturated carbocycles. The molecule has 1 atom stereocenters. The highest BCUT2D eigenvalue weighted by molar-refractivity contribution is 6.33. The fourth-order valence-electron chi connectivity index (χ4n) is 2.58. The number of benzene rings is 1. The summed E-state index contributed by atoms with van der Waals surface area (Å²) in [6.07, 6.45) is 3.81. The van der Waals surface area contributed by atoms with Gasteiger partial charge in [-0.15, -0.1) is 0 Å². The minimum Gasteiger partial charge on any atom is -0.453 e. The first-order valence-corrected chi connectivity index (χ1v) is 7.33. The summed E-state index contributed by atoms with van der Waals surface area (Å²) in [7, 11) is 0. The molecular weight excluding hydrogens is 262 g/mol. The van der Waals surface area contributed by atoms with Gasteiger partial charge in [-0.2, -0.15) is 0 Å². The first kappa shape index (κ1) is 14.4. The highest BCUT2D eigenvalue weighted by Crippen LogP contribution is 2.16. The molecule has 1 aliphatic heterocycles. The summed E-state index contributed by atoms with van der Waals surface area (Å²) < 4.78 is 5.48. The molecule has 0 aliphatic carbocycles. The van der Waals surface area contributed by atoms with Crippen molar-refractivity contribution in [1.29, 1.82) is 0 Å². The third-order valence-electron chi connectivity index (χ3n) is 3.54. The zero-order chi connectivity index (χ0) is 13.7. The van der Waals surface area contributed by atoms with Gasteiger partial charge in [0.1, 0.15) is 12.6 Å². The van der Waals surface area contributed by atoms with Crippen LogP contribution >= 0.6 is 11.6 Å². The van der Waals surface area contributed by atoms with E-state index in [1.165, 1.54) is 37.3 Å². The van der Waals surface area contributed by atoms with Gasteiger partial charge in [-0.1, -0.05) is 23.7 Å². The molecule has 1 unspecified atom stereocenters. The Labute approximate surface area is 119 Å². The van der Waals surface area contributed by atoms with Crippen LogP contribution in [0.1, 0.15) is 36.5 Å². The van der Waals surface area contributed by atoms with Gasteiger partial charge in [-0.25, -0.2) is 4.79 Å². The molecule has 0 radical (unpaired) electrons. The predicted octanol–water partition coefficient (Wildman–Crippen LogP) is 1.95. The molecule has 1 N–H and O–H groups in total. The Morgan fingerprint density at radius 1 is 1.32 bits per heavy atom. The monoisotopic (exact) mass is 282 g/mol. The highest BCUT2D eigenvalue weighted by atomic mass is 35.5. The van der Waals surface area contributed by atoms with Crippen molar-refractivity contribution >= 4 is 17.6 Å². The van der Waals surface area contributed by atoms with Crippen molar-refractivity contribution < 1.29 is 14.4 Å². The SMILES string of the molecule is CC(C[NH+]1CCCCC1)OC(=O)c1ccccc1Cl. The number of hydrogen-bond acceptors (Lipinski definition) is 2. The van der Waals surface area contributed by atoms with Gasteiger partial charge in [0.25, 0.3) is 0 Å². The van der Waals surface area contributed by atoms with Gasteiger partial charge in [-0.3, -0.25) is 0 Å². The molecule has 1 aliphatic rings. The number of quaternary nitrogens is 1. The Bertz CT molecular complexity index is 430. The molecule has 1 aromatic carbocycles. The number of carbonyl (C=O) groups is 1. The number of likely N-dealkylation sites (tertiary alicyclic amines) is 1. The molecule has 0 aromatic heterocycles. The summed E-state index contributed by atoms with van der Waals surface area (Å²) in [5, 5.41) is 0.449. The van der Waals surface area contributed by atoms with Gasteiger partial charge >= 0.3 is 5.97 Å². The van der Waals surface area contributed by atoms with Crippen LogP contribution in [0, 0.1) is 0 Å². The molecule has 3 nitrogen and oxygen atoms in total. The summed E-state index contributed by atoms with van der Waals surface area (Å²) >= 11 is 5.99. The molecule has 19 heavy (non-hydrogen) atoms. The largest absolute Gasteiger partial charge is 0.453 e. The van der Waals surface area contributed by atoms with Gasteiger partial charge < -0.3 is 9.64 Å². The van der Waals surface area contributed by atoms with Gasteiger partial charge in [0.15, 0.2) is 0 Å². The van der Waals surface area contributed by atoms with E-state index < -0.39 is 0 Å². The van der Waals surface area contributed by atoms with E-state index in [4.69, 9.17) is 16.3 Å². The minimum absolute atomic E-state index is 0.0723. The second-order valence-corrected chi connectivity index (χ2v) is 5.62. The maximum Gasteiger partial charge on any atom is 0.340 e. The van der Waals surface area contributed by atoms with Crippen LogP contribution < -0.4 is 4.90 Å². The molecular formula is C15H21ClNO2+. The maximum absolute atomic E-state index is 12.0. The molecule has 1 fully saturated rings. The van der Waals surface area contributed by atoms with Gasteiger partial charge in [0.2, 0.25) is 0 Å². The van der Waals surface area contributed by atoms with Crippen LogP contribution in [-0.4, -0.2) is 31.7 Å². The Morgan fingerprint density at radius 3 is 2.68 bits per heavy atom. The summed E-state index contributed by atoms with van der Waals surface area (Å²) in [6, 6.07) is 7.01. The number of esters is 1. The van der Waals surface area contributed by atoms with E-state index in [9.17, 15) is 4.79 Å². The lowest BCUT2D eigenvalue weighted by atomic mass is 10.1. The second kappa shape index (κ2) is 6.92. The number of ether oxygens (including phenoxy) is 1. The van der Waals surface area contributed by atoms with Crippen LogP contribution in [0.2, 0.25) is 5.02 Å². The van der Waals surface area contributed by atoms with Crippen molar-refractivity contribution in [3.05, 3.63) is 34.9 Å². The standard InChI is InChI=1S/C15H20ClNO2/c1-12(11-17-9-5-2-6-10-17)19-15(18)13-7-3-4-8-14(13)16/h3-4,7-8,12H,2,5-6,9-11H2,1H3/p+1. The molecule has 1 heterocycles. The third kappa shape index (κ3) is 4.22. The lowest BCUT2D eigenvalue weighted by Crippen LogP contribution is -3.13. The van der Waals surface area contributed by atoms with E-state index >= 15 is 0 Å². The Kier molecular flexibility index (Phi) is 5.23. The van der Waals surface area contributed by atoms with E-state index in [0.717, 1.165) is 6.54 Å². The molecule has 1 aromatic rings. The first-order chi connectivity index (χ1) is 9.16. The molecule has 0 amide bonds. The highest BCUT2D eigenvalue weighted by Gasteiger charge is 2.20. The minimum atomic E-state index is -0.325. The smallest absolute Gasteiger partial charge is 0.340 e. The zero-order valence-electron chi connectivity index (χ0n) is 11.3. The van der Waals surface area contributed by atoms with Crippen molar-refractivity contribution in [2.24, 2.45) is 0 Å². The van der Waals surface area contributed by atoms with Crippen molar-refractivity contribution in [3.63, 3.8) is 0 Å². The average molecular weight is 283 g/mol. The molecule has 104 valence electrons. The Morgan fingerprint density at radius 2 is 2.00 bits per heavy atom. The van der Waals surface area contributed by atoms with Crippen molar-refractivity contribution in [2.75, 3.05) is 19.6 Å². The summed E-state index contributed by atoms with van der Waals surface area (Å²) in [6.45, 7) is 5.22. The van der Waals surface area contributed by atoms with E-state index in [1.54, 1.807) is 24.3 Å². The number of nitrogens with one attached hydrogen (secondary N) is 1. The van der Waals surface area contributed by atoms with E-state index in [-0.39, 0.29) is 12.1 Å². The summed E-state index contributed by atoms with van der Waals surface area (Å²) in [4.78, 5) is 13.5. The zero-order valence-corrected chi connectivity index (χ0v) is 12.1. The lowest BCUT2D eigenvalue weighted by Gasteiger charge is -2.26. The van der Waals surface area contributed by atoms with Crippen LogP contribution in [0.3, 0.4) is 0 Å². The molecule has 2 rings (SSSR count). The molecule has 4 heteroatoms. The van der Waals surface area contributed by atoms with E-state index in [1.807, 2.05) is 6.92 Å². The number of rotatable bonds is 4. The number of piperidine rings is 1. The number of hydrogen-bond donors (Lipinski definition) is 1. The summed E-state index contributed by atoms with van der Waals surface area (Å²) in [5.41, 5.74) is 0.449. The Balaban J connectivity index is 1.86. The Hall–Kier alpha value is -1.06. The number of carbonyl (C=O) groups excluding carboxylic acids is 1. The van der Waals surface area contributed by atoms with Crippen molar-refractivity contribution in [3.8, 4) is 0 Å². The second-order valence-electron chi connectivity index (χ2n) is 5.21. The van der Waals surface area contributed by atoms with E-state index in [2.05, 4.69) is 0 Å². The van der Waals surface area contributed by atoms with Crippen LogP contribution in [0.15, 0.2) is 24.3 Å². The molecule has 0 bridgehead atoms. The quantitative estimate of drug-likeness (QED) is 0.856. The van der Waals surface area contributed by atoms with E-state index in [0.29, 0.717) is 10.6 Å². The normalized spacial score (nSPS) is 18.0. The molecule has 1 saturated heterocycles. The lowest BCUT2D eigenvalue weighted by molar-refractivity contribution is -0.907. The first-order valence-electron chi connectivity index (χ1n) is 6.96. The van der Waals surface area contributed by atoms with Gasteiger partial charge in [0, 0.05) is 0 Å². The van der Waals surface area contributed by atoms with Gasteiger partial charge in [0.05, 0.1) is 23.7 Å². The third-order valence-corrected chi connectivity index (χ3v) is 3.87.